The molecule has 1 nitrogen and oxygen atoms in total. The van der Waals surface area contributed by atoms with Gasteiger partial charge in [-0.25, -0.2) is 0 Å². The zero-order chi connectivity index (χ0) is 31.9. The molecule has 3 fully saturated rings. The van der Waals surface area contributed by atoms with Crippen LogP contribution in [0, 0.1) is 11.8 Å². The molecular formula is C38H36O. The van der Waals surface area contributed by atoms with Crippen LogP contribution in [0.15, 0.2) is 103 Å². The maximum Gasteiger partial charge on any atom is 0.0611 e. The zero-order valence-electron chi connectivity index (χ0n) is 28.7. The third kappa shape index (κ3) is 3.85. The molecule has 0 amide bonds. The smallest absolute Gasteiger partial charge is 0.0611 e. The molecule has 8 rings (SSSR count). The molecule has 194 valence electrons. The van der Waals surface area contributed by atoms with Crippen LogP contribution in [-0.2, 0) is 4.74 Å². The zero-order valence-corrected chi connectivity index (χ0v) is 21.7. The fourth-order valence-corrected chi connectivity index (χ4v) is 7.10. The molecule has 0 aromatic heterocycles. The Balaban J connectivity index is 1.35. The van der Waals surface area contributed by atoms with Crippen molar-refractivity contribution in [2.24, 2.45) is 11.8 Å². The summed E-state index contributed by atoms with van der Waals surface area (Å²) in [4.78, 5) is 0. The molecule has 1 aliphatic heterocycles. The lowest BCUT2D eigenvalue weighted by atomic mass is 9.68. The van der Waals surface area contributed by atoms with Gasteiger partial charge in [0.15, 0.2) is 0 Å². The minimum absolute atomic E-state index is 0.564. The van der Waals surface area contributed by atoms with Gasteiger partial charge < -0.3 is 4.74 Å². The van der Waals surface area contributed by atoms with Crippen molar-refractivity contribution < 1.29 is 14.3 Å². The maximum absolute atomic E-state index is 9.79. The second-order valence-corrected chi connectivity index (χ2v) is 10.9. The minimum Gasteiger partial charge on any atom is -0.374 e. The summed E-state index contributed by atoms with van der Waals surface area (Å²) < 4.78 is 69.3. The van der Waals surface area contributed by atoms with E-state index in [2.05, 4.69) is 60.7 Å². The first-order chi connectivity index (χ1) is 22.3. The van der Waals surface area contributed by atoms with Crippen LogP contribution in [0.3, 0.4) is 0 Å². The van der Waals surface area contributed by atoms with Gasteiger partial charge in [-0.05, 0) is 99.1 Å². The Morgan fingerprint density at radius 1 is 0.538 bits per heavy atom. The summed E-state index contributed by atoms with van der Waals surface area (Å²) in [6.45, 7) is 0. The quantitative estimate of drug-likeness (QED) is 0.217. The summed E-state index contributed by atoms with van der Waals surface area (Å²) in [5.74, 6) is -1.80. The van der Waals surface area contributed by atoms with Crippen LogP contribution in [-0.4, -0.2) is 12.2 Å². The lowest BCUT2D eigenvalue weighted by Gasteiger charge is -2.35. The Bertz CT molecular complexity index is 1860. The molecule has 5 aromatic rings. The molecule has 0 N–H and O–H groups in total. The van der Waals surface area contributed by atoms with Crippen molar-refractivity contribution in [3.63, 3.8) is 0 Å². The molecule has 2 aliphatic carbocycles. The van der Waals surface area contributed by atoms with Gasteiger partial charge in [0.1, 0.15) is 0 Å². The van der Waals surface area contributed by atoms with Gasteiger partial charge in [-0.2, -0.15) is 0 Å². The number of ether oxygens (including phenoxy) is 1. The Hall–Kier alpha value is -3.42. The van der Waals surface area contributed by atoms with Crippen molar-refractivity contribution in [1.29, 1.82) is 0 Å². The van der Waals surface area contributed by atoms with E-state index in [9.17, 15) is 4.11 Å². The Labute approximate surface area is 241 Å². The Morgan fingerprint density at radius 2 is 1.13 bits per heavy atom. The van der Waals surface area contributed by atoms with Gasteiger partial charge in [-0.3, -0.25) is 0 Å². The maximum atomic E-state index is 9.79. The lowest BCUT2D eigenvalue weighted by molar-refractivity contribution is 0.00430. The topological polar surface area (TPSA) is 9.23 Å². The van der Waals surface area contributed by atoms with Gasteiger partial charge in [0.25, 0.3) is 0 Å². The summed E-state index contributed by atoms with van der Waals surface area (Å²) in [6, 6.07) is 35.2. The number of hydrogen-bond acceptors (Lipinski definition) is 1. The number of benzene rings is 5. The summed E-state index contributed by atoms with van der Waals surface area (Å²) in [5.41, 5.74) is 5.30. The summed E-state index contributed by atoms with van der Waals surface area (Å²) in [5, 5.41) is 3.95. The number of hydrogen-bond donors (Lipinski definition) is 0. The molecule has 3 aliphatic rings. The van der Waals surface area contributed by atoms with E-state index in [0.717, 1.165) is 49.4 Å². The van der Waals surface area contributed by atoms with E-state index >= 15 is 0 Å². The summed E-state index contributed by atoms with van der Waals surface area (Å²) in [6.07, 6.45) is -8.46. The second-order valence-electron chi connectivity index (χ2n) is 10.9. The highest BCUT2D eigenvalue weighted by Gasteiger charge is 2.48. The standard InChI is InChI=1S/C38H36O/c1-2-12-25(13-3-1)27-14-4-5-16-29(27)38-32-19-8-6-17-30(32)37(31-18-7-9-20-33(31)38)26-22-23-36-34(24-26)28-15-10-11-21-35(28)39-36/h1-9,12-14,16-20,26,28,34-36H,10-11,15,21-24H2/i10D,11D,15D,21D,22D,23D,24D. The molecule has 1 heteroatoms. The SMILES string of the molecule is [2H]C1C([2H])C([2H])C2C(OC3C([2H])C([2H])C(c4c5ccccc5c(-c5ccccc5-c5ccccc5)c5ccccc45)C([2H])C32)C1[2H]. The lowest BCUT2D eigenvalue weighted by Crippen LogP contribution is -2.30. The van der Waals surface area contributed by atoms with Gasteiger partial charge in [0, 0.05) is 9.60 Å². The van der Waals surface area contributed by atoms with Crippen molar-refractivity contribution in [3.05, 3.63) is 109 Å². The number of rotatable bonds is 3. The van der Waals surface area contributed by atoms with Crippen LogP contribution in [0.1, 0.15) is 65.9 Å². The van der Waals surface area contributed by atoms with Crippen LogP contribution < -0.4 is 0 Å². The van der Waals surface area contributed by atoms with Crippen LogP contribution >= 0.6 is 0 Å². The van der Waals surface area contributed by atoms with Crippen LogP contribution in [0.4, 0.5) is 0 Å². The molecule has 0 spiro atoms. The van der Waals surface area contributed by atoms with Gasteiger partial charge >= 0.3 is 0 Å². The summed E-state index contributed by atoms with van der Waals surface area (Å²) in [7, 11) is 0. The van der Waals surface area contributed by atoms with Gasteiger partial charge in [-0.15, -0.1) is 0 Å². The minimum atomic E-state index is -1.07. The molecule has 0 radical (unpaired) electrons. The van der Waals surface area contributed by atoms with Gasteiger partial charge in [0.05, 0.1) is 12.2 Å². The van der Waals surface area contributed by atoms with Crippen LogP contribution in [0.2, 0.25) is 0 Å². The average molecular weight is 516 g/mol. The molecule has 12 unspecified atom stereocenters. The average Bonchev–Trinajstić information content (AvgIpc) is 3.50. The Morgan fingerprint density at radius 3 is 1.87 bits per heavy atom. The van der Waals surface area contributed by atoms with E-state index in [0.29, 0.717) is 0 Å². The fourth-order valence-electron chi connectivity index (χ4n) is 7.10. The van der Waals surface area contributed by atoms with Crippen molar-refractivity contribution in [2.45, 2.75) is 62.9 Å². The molecule has 2 saturated carbocycles. The second kappa shape index (κ2) is 9.65. The highest BCUT2D eigenvalue weighted by atomic mass is 16.5. The van der Waals surface area contributed by atoms with Crippen molar-refractivity contribution in [3.8, 4) is 22.3 Å². The first-order valence-corrected chi connectivity index (χ1v) is 14.0. The van der Waals surface area contributed by atoms with E-state index in [4.69, 9.17) is 10.2 Å². The largest absolute Gasteiger partial charge is 0.374 e. The van der Waals surface area contributed by atoms with Crippen molar-refractivity contribution in [2.75, 3.05) is 0 Å². The molecule has 5 aromatic carbocycles. The van der Waals surface area contributed by atoms with Crippen molar-refractivity contribution in [1.82, 2.24) is 0 Å². The monoisotopic (exact) mass is 515 g/mol. The van der Waals surface area contributed by atoms with Gasteiger partial charge in [-0.1, -0.05) is 116 Å². The molecule has 1 heterocycles. The van der Waals surface area contributed by atoms with E-state index in [1.54, 1.807) is 0 Å². The van der Waals surface area contributed by atoms with Crippen LogP contribution in [0.25, 0.3) is 43.8 Å². The first-order valence-electron chi connectivity index (χ1n) is 18.0. The molecule has 1 saturated heterocycles. The van der Waals surface area contributed by atoms with Crippen molar-refractivity contribution >= 4 is 21.5 Å². The molecule has 0 bridgehead atoms. The first kappa shape index (κ1) is 17.3. The molecular weight excluding hydrogens is 472 g/mol. The predicted octanol–water partition coefficient (Wildman–Crippen LogP) is 10.2. The van der Waals surface area contributed by atoms with E-state index in [1.165, 1.54) is 0 Å². The van der Waals surface area contributed by atoms with E-state index in [1.807, 2.05) is 42.5 Å². The third-order valence-corrected chi connectivity index (χ3v) is 8.79. The number of fused-ring (bicyclic) bond motifs is 5. The fraction of sp³-hybridized carbons (Fsp3) is 0.316. The van der Waals surface area contributed by atoms with Gasteiger partial charge in [0.2, 0.25) is 0 Å². The highest BCUT2D eigenvalue weighted by molar-refractivity contribution is 6.16. The molecule has 39 heavy (non-hydrogen) atoms. The third-order valence-electron chi connectivity index (χ3n) is 8.79. The van der Waals surface area contributed by atoms with Crippen LogP contribution in [0.5, 0.6) is 0 Å². The predicted molar refractivity (Wildman–Crippen MR) is 163 cm³/mol. The van der Waals surface area contributed by atoms with E-state index < -0.39 is 74.7 Å². The highest BCUT2D eigenvalue weighted by Crippen LogP contribution is 2.53. The normalized spacial score (nSPS) is 42.2. The Kier molecular flexibility index (Phi) is 4.28. The summed E-state index contributed by atoms with van der Waals surface area (Å²) >= 11 is 0. The van der Waals surface area contributed by atoms with E-state index in [-0.39, 0.29) is 0 Å². The molecule has 12 atom stereocenters.